The van der Waals surface area contributed by atoms with Gasteiger partial charge in [-0.1, -0.05) is 29.8 Å². The highest BCUT2D eigenvalue weighted by Crippen LogP contribution is 2.32. The summed E-state index contributed by atoms with van der Waals surface area (Å²) in [5, 5.41) is 3.49. The molecule has 0 heterocycles. The van der Waals surface area contributed by atoms with Crippen LogP contribution in [0.3, 0.4) is 0 Å². The summed E-state index contributed by atoms with van der Waals surface area (Å²) in [6.45, 7) is 4.27. The van der Waals surface area contributed by atoms with E-state index in [1.54, 1.807) is 0 Å². The lowest BCUT2D eigenvalue weighted by atomic mass is 10.1. The molecule has 0 saturated heterocycles. The van der Waals surface area contributed by atoms with E-state index in [0.717, 1.165) is 19.0 Å². The van der Waals surface area contributed by atoms with Crippen LogP contribution in [0.5, 0.6) is 0 Å². The van der Waals surface area contributed by atoms with Gasteiger partial charge in [-0.05, 0) is 37.0 Å². The van der Waals surface area contributed by atoms with Crippen molar-refractivity contribution in [1.82, 2.24) is 5.32 Å². The molecule has 0 aliphatic heterocycles. The molecule has 1 aromatic rings. The molecule has 1 aliphatic carbocycles. The van der Waals surface area contributed by atoms with Gasteiger partial charge in [0.15, 0.2) is 0 Å². The van der Waals surface area contributed by atoms with Crippen LogP contribution in [0.2, 0.25) is 0 Å². The molecule has 1 saturated carbocycles. The summed E-state index contributed by atoms with van der Waals surface area (Å²) in [5.41, 5.74) is 2.72. The van der Waals surface area contributed by atoms with Crippen molar-refractivity contribution in [1.29, 1.82) is 0 Å². The summed E-state index contributed by atoms with van der Waals surface area (Å²) in [7, 11) is 0. The molecule has 0 amide bonds. The highest BCUT2D eigenvalue weighted by Gasteiger charge is 2.20. The fourth-order valence-corrected chi connectivity index (χ4v) is 2.74. The van der Waals surface area contributed by atoms with Gasteiger partial charge in [-0.25, -0.2) is 0 Å². The fraction of sp³-hybridized carbons (Fsp3) is 0.571. The molecule has 1 N–H and O–H groups in total. The molecular formula is C14H21NS. The van der Waals surface area contributed by atoms with Gasteiger partial charge < -0.3 is 5.32 Å². The van der Waals surface area contributed by atoms with Crippen molar-refractivity contribution in [2.24, 2.45) is 5.92 Å². The molecule has 88 valence electrons. The maximum absolute atomic E-state index is 3.49. The molecule has 0 spiro atoms. The second-order valence-electron chi connectivity index (χ2n) is 4.68. The molecule has 2 heteroatoms. The fourth-order valence-electron chi connectivity index (χ4n) is 1.62. The molecular weight excluding hydrogens is 214 g/mol. The number of nitrogens with one attached hydrogen (secondary N) is 1. The molecule has 1 aromatic carbocycles. The van der Waals surface area contributed by atoms with Gasteiger partial charge in [0.05, 0.1) is 0 Å². The van der Waals surface area contributed by atoms with E-state index in [-0.39, 0.29) is 0 Å². The number of benzene rings is 1. The first-order valence-corrected chi connectivity index (χ1v) is 7.34. The molecule has 0 unspecified atom stereocenters. The Kier molecular flexibility index (Phi) is 4.73. The highest BCUT2D eigenvalue weighted by atomic mass is 32.2. The van der Waals surface area contributed by atoms with Crippen LogP contribution in [0.15, 0.2) is 24.3 Å². The molecule has 1 fully saturated rings. The minimum absolute atomic E-state index is 1.00. The Balaban J connectivity index is 1.51. The van der Waals surface area contributed by atoms with Crippen LogP contribution in [0.4, 0.5) is 0 Å². The van der Waals surface area contributed by atoms with Crippen LogP contribution < -0.4 is 5.32 Å². The van der Waals surface area contributed by atoms with E-state index in [2.05, 4.69) is 48.3 Å². The molecule has 0 aromatic heterocycles. The normalized spacial score (nSPS) is 15.3. The molecule has 1 aliphatic rings. The summed E-state index contributed by atoms with van der Waals surface area (Å²) in [6.07, 6.45) is 2.95. The number of hydrogen-bond donors (Lipinski definition) is 1. The van der Waals surface area contributed by atoms with E-state index in [4.69, 9.17) is 0 Å². The monoisotopic (exact) mass is 235 g/mol. The van der Waals surface area contributed by atoms with E-state index in [9.17, 15) is 0 Å². The topological polar surface area (TPSA) is 12.0 Å². The highest BCUT2D eigenvalue weighted by molar-refractivity contribution is 7.99. The van der Waals surface area contributed by atoms with E-state index < -0.39 is 0 Å². The number of rotatable bonds is 7. The number of thioether (sulfide) groups is 1. The van der Waals surface area contributed by atoms with Crippen molar-refractivity contribution in [2.75, 3.05) is 18.1 Å². The summed E-state index contributed by atoms with van der Waals surface area (Å²) in [6, 6.07) is 8.77. The Hall–Kier alpha value is -0.470. The van der Waals surface area contributed by atoms with Gasteiger partial charge in [-0.15, -0.1) is 0 Å². The van der Waals surface area contributed by atoms with Crippen molar-refractivity contribution in [3.05, 3.63) is 35.4 Å². The lowest BCUT2D eigenvalue weighted by Gasteiger charge is -2.05. The predicted molar refractivity (Wildman–Crippen MR) is 72.9 cm³/mol. The van der Waals surface area contributed by atoms with Crippen LogP contribution in [0.25, 0.3) is 0 Å². The van der Waals surface area contributed by atoms with Crippen molar-refractivity contribution >= 4 is 11.8 Å². The molecule has 0 bridgehead atoms. The predicted octanol–water partition coefficient (Wildman–Crippen LogP) is 3.23. The zero-order chi connectivity index (χ0) is 11.2. The Morgan fingerprint density at radius 1 is 1.25 bits per heavy atom. The van der Waals surface area contributed by atoms with Crippen LogP contribution in [-0.2, 0) is 6.54 Å². The van der Waals surface area contributed by atoms with E-state index in [0.29, 0.717) is 0 Å². The number of aryl methyl sites for hydroxylation is 1. The van der Waals surface area contributed by atoms with Gasteiger partial charge in [0, 0.05) is 18.8 Å². The number of hydrogen-bond acceptors (Lipinski definition) is 2. The van der Waals surface area contributed by atoms with Crippen LogP contribution in [-0.4, -0.2) is 18.1 Å². The van der Waals surface area contributed by atoms with Gasteiger partial charge >= 0.3 is 0 Å². The van der Waals surface area contributed by atoms with E-state index in [1.807, 2.05) is 0 Å². The summed E-state index contributed by atoms with van der Waals surface area (Å²) >= 11 is 2.10. The lowest BCUT2D eigenvalue weighted by molar-refractivity contribution is 0.731. The first-order valence-electron chi connectivity index (χ1n) is 6.18. The van der Waals surface area contributed by atoms with Crippen molar-refractivity contribution in [2.45, 2.75) is 26.3 Å². The van der Waals surface area contributed by atoms with Crippen molar-refractivity contribution < 1.29 is 0 Å². The van der Waals surface area contributed by atoms with Gasteiger partial charge in [-0.2, -0.15) is 11.8 Å². The Morgan fingerprint density at radius 3 is 2.69 bits per heavy atom. The summed E-state index contributed by atoms with van der Waals surface area (Å²) in [5.74, 6) is 3.69. The minimum atomic E-state index is 1.00. The maximum atomic E-state index is 3.49. The third-order valence-corrected chi connectivity index (χ3v) is 4.12. The smallest absolute Gasteiger partial charge is 0.0205 e. The van der Waals surface area contributed by atoms with Gasteiger partial charge in [0.2, 0.25) is 0 Å². The zero-order valence-electron chi connectivity index (χ0n) is 10.0. The quantitative estimate of drug-likeness (QED) is 0.728. The Morgan fingerprint density at radius 2 is 2.00 bits per heavy atom. The second kappa shape index (κ2) is 6.31. The molecule has 16 heavy (non-hydrogen) atoms. The van der Waals surface area contributed by atoms with Crippen LogP contribution in [0.1, 0.15) is 24.0 Å². The molecule has 0 atom stereocenters. The molecule has 1 nitrogen and oxygen atoms in total. The third kappa shape index (κ3) is 4.58. The minimum Gasteiger partial charge on any atom is -0.312 e. The van der Waals surface area contributed by atoms with E-state index >= 15 is 0 Å². The first-order chi connectivity index (χ1) is 7.84. The molecule has 2 rings (SSSR count). The molecule has 0 radical (unpaired) electrons. The summed E-state index contributed by atoms with van der Waals surface area (Å²) < 4.78 is 0. The van der Waals surface area contributed by atoms with Gasteiger partial charge in [0.1, 0.15) is 0 Å². The van der Waals surface area contributed by atoms with Crippen molar-refractivity contribution in [3.8, 4) is 0 Å². The Labute approximate surface area is 103 Å². The first kappa shape index (κ1) is 12.0. The van der Waals surface area contributed by atoms with Gasteiger partial charge in [0.25, 0.3) is 0 Å². The average Bonchev–Trinajstić information content (AvgIpc) is 3.10. The largest absolute Gasteiger partial charge is 0.312 e. The third-order valence-electron chi connectivity index (χ3n) is 2.92. The van der Waals surface area contributed by atoms with E-state index in [1.165, 1.54) is 35.5 Å². The standard InChI is InChI=1S/C14H21NS/c1-12-2-4-13(5-3-12)10-15-8-9-16-11-14-6-7-14/h2-5,14-15H,6-11H2,1H3. The zero-order valence-corrected chi connectivity index (χ0v) is 10.9. The SMILES string of the molecule is Cc1ccc(CNCCSCC2CC2)cc1. The average molecular weight is 235 g/mol. The second-order valence-corrected chi connectivity index (χ2v) is 5.83. The summed E-state index contributed by atoms with van der Waals surface area (Å²) in [4.78, 5) is 0. The maximum Gasteiger partial charge on any atom is 0.0205 e. The van der Waals surface area contributed by atoms with Gasteiger partial charge in [-0.3, -0.25) is 0 Å². The van der Waals surface area contributed by atoms with Crippen LogP contribution in [0, 0.1) is 12.8 Å². The Bertz CT molecular complexity index is 303. The van der Waals surface area contributed by atoms with Crippen molar-refractivity contribution in [3.63, 3.8) is 0 Å². The van der Waals surface area contributed by atoms with Crippen LogP contribution >= 0.6 is 11.8 Å². The lowest BCUT2D eigenvalue weighted by Crippen LogP contribution is -2.16.